The van der Waals surface area contributed by atoms with E-state index in [0.29, 0.717) is 4.90 Å². The summed E-state index contributed by atoms with van der Waals surface area (Å²) in [7, 11) is -3.44. The van der Waals surface area contributed by atoms with Crippen molar-refractivity contribution in [1.29, 1.82) is 0 Å². The topological polar surface area (TPSA) is 60.2 Å². The number of hydrogen-bond acceptors (Lipinski definition) is 3. The molecule has 0 aliphatic heterocycles. The van der Waals surface area contributed by atoms with E-state index < -0.39 is 21.1 Å². The Morgan fingerprint density at radius 2 is 1.50 bits per heavy atom. The zero-order chi connectivity index (χ0) is 14.8. The van der Waals surface area contributed by atoms with Crippen LogP contribution in [0.15, 0.2) is 59.5 Å². The highest BCUT2D eigenvalue weighted by atomic mass is 32.2. The standard InChI is InChI=1S/C16H19NO2S/c1-12-8-6-7-11-15(12)20(18,19)13(2)16(17)14-9-4-3-5-10-14/h3-11,13,16H,17H2,1-2H3. The predicted octanol–water partition coefficient (Wildman–Crippen LogP) is 2.86. The first kappa shape index (κ1) is 14.8. The molecule has 2 unspecified atom stereocenters. The van der Waals surface area contributed by atoms with Gasteiger partial charge in [0.1, 0.15) is 0 Å². The van der Waals surface area contributed by atoms with Gasteiger partial charge in [-0.25, -0.2) is 8.42 Å². The smallest absolute Gasteiger partial charge is 0.183 e. The second kappa shape index (κ2) is 5.77. The summed E-state index contributed by atoms with van der Waals surface area (Å²) in [4.78, 5) is 0.360. The van der Waals surface area contributed by atoms with Crippen molar-refractivity contribution >= 4 is 9.84 Å². The summed E-state index contributed by atoms with van der Waals surface area (Å²) in [6, 6.07) is 15.8. The van der Waals surface area contributed by atoms with Crippen molar-refractivity contribution < 1.29 is 8.42 Å². The van der Waals surface area contributed by atoms with Crippen molar-refractivity contribution in [3.05, 3.63) is 65.7 Å². The summed E-state index contributed by atoms with van der Waals surface area (Å²) in [5.74, 6) is 0. The number of aryl methyl sites for hydroxylation is 1. The average Bonchev–Trinajstić information content (AvgIpc) is 2.47. The minimum Gasteiger partial charge on any atom is -0.323 e. The highest BCUT2D eigenvalue weighted by Crippen LogP contribution is 2.26. The molecular formula is C16H19NO2S. The Labute approximate surface area is 120 Å². The molecule has 2 aromatic rings. The van der Waals surface area contributed by atoms with Crippen molar-refractivity contribution in [3.63, 3.8) is 0 Å². The molecule has 2 atom stereocenters. The molecule has 0 aliphatic carbocycles. The molecule has 20 heavy (non-hydrogen) atoms. The number of nitrogens with two attached hydrogens (primary N) is 1. The van der Waals surface area contributed by atoms with E-state index in [1.165, 1.54) is 0 Å². The number of sulfone groups is 1. The highest BCUT2D eigenvalue weighted by molar-refractivity contribution is 7.92. The van der Waals surface area contributed by atoms with Crippen LogP contribution in [0.1, 0.15) is 24.1 Å². The van der Waals surface area contributed by atoms with E-state index in [2.05, 4.69) is 0 Å². The van der Waals surface area contributed by atoms with E-state index in [9.17, 15) is 8.42 Å². The van der Waals surface area contributed by atoms with Crippen molar-refractivity contribution in [1.82, 2.24) is 0 Å². The Balaban J connectivity index is 2.38. The average molecular weight is 289 g/mol. The number of hydrogen-bond donors (Lipinski definition) is 1. The zero-order valence-electron chi connectivity index (χ0n) is 11.7. The molecule has 0 aromatic heterocycles. The van der Waals surface area contributed by atoms with Crippen LogP contribution in [0, 0.1) is 6.92 Å². The van der Waals surface area contributed by atoms with Crippen LogP contribution in [-0.2, 0) is 9.84 Å². The maximum absolute atomic E-state index is 12.7. The van der Waals surface area contributed by atoms with Crippen LogP contribution >= 0.6 is 0 Å². The maximum Gasteiger partial charge on any atom is 0.183 e. The van der Waals surface area contributed by atoms with Crippen LogP contribution < -0.4 is 5.73 Å². The Bertz CT molecular complexity index is 681. The van der Waals surface area contributed by atoms with Crippen LogP contribution in [-0.4, -0.2) is 13.7 Å². The summed E-state index contributed by atoms with van der Waals surface area (Å²) in [6.07, 6.45) is 0. The molecule has 0 spiro atoms. The minimum atomic E-state index is -3.44. The second-order valence-corrected chi connectivity index (χ2v) is 7.23. The summed E-state index contributed by atoms with van der Waals surface area (Å²) in [5, 5.41) is -0.675. The molecule has 0 amide bonds. The van der Waals surface area contributed by atoms with Gasteiger partial charge in [0.2, 0.25) is 0 Å². The lowest BCUT2D eigenvalue weighted by molar-refractivity contribution is 0.564. The van der Waals surface area contributed by atoms with Crippen LogP contribution in [0.25, 0.3) is 0 Å². The SMILES string of the molecule is Cc1ccccc1S(=O)(=O)C(C)C(N)c1ccccc1. The van der Waals surface area contributed by atoms with E-state index >= 15 is 0 Å². The Morgan fingerprint density at radius 3 is 2.10 bits per heavy atom. The first-order chi connectivity index (χ1) is 9.44. The molecule has 2 aromatic carbocycles. The van der Waals surface area contributed by atoms with E-state index in [1.54, 1.807) is 32.0 Å². The van der Waals surface area contributed by atoms with E-state index in [4.69, 9.17) is 5.73 Å². The fourth-order valence-corrected chi connectivity index (χ4v) is 3.94. The van der Waals surface area contributed by atoms with Crippen molar-refractivity contribution in [3.8, 4) is 0 Å². The number of benzene rings is 2. The van der Waals surface area contributed by atoms with Gasteiger partial charge in [-0.05, 0) is 31.0 Å². The van der Waals surface area contributed by atoms with Gasteiger partial charge in [0, 0.05) is 6.04 Å². The van der Waals surface area contributed by atoms with Crippen molar-refractivity contribution in [2.24, 2.45) is 5.73 Å². The molecule has 0 heterocycles. The molecule has 0 fully saturated rings. The van der Waals surface area contributed by atoms with Crippen LogP contribution in [0.2, 0.25) is 0 Å². The van der Waals surface area contributed by atoms with Gasteiger partial charge in [-0.3, -0.25) is 0 Å². The lowest BCUT2D eigenvalue weighted by Crippen LogP contribution is -2.31. The molecule has 2 N–H and O–H groups in total. The third-order valence-corrected chi connectivity index (χ3v) is 5.92. The number of rotatable bonds is 4. The molecular weight excluding hydrogens is 270 g/mol. The van der Waals surface area contributed by atoms with E-state index in [0.717, 1.165) is 11.1 Å². The monoisotopic (exact) mass is 289 g/mol. The van der Waals surface area contributed by atoms with Gasteiger partial charge in [-0.15, -0.1) is 0 Å². The third kappa shape index (κ3) is 2.76. The fraction of sp³-hybridized carbons (Fsp3) is 0.250. The maximum atomic E-state index is 12.7. The van der Waals surface area contributed by atoms with Crippen molar-refractivity contribution in [2.45, 2.75) is 30.0 Å². The zero-order valence-corrected chi connectivity index (χ0v) is 12.5. The normalized spacial score (nSPS) is 14.8. The van der Waals surface area contributed by atoms with Gasteiger partial charge in [-0.1, -0.05) is 48.5 Å². The highest BCUT2D eigenvalue weighted by Gasteiger charge is 2.30. The summed E-state index contributed by atoms with van der Waals surface area (Å²) in [5.41, 5.74) is 7.71. The van der Waals surface area contributed by atoms with Gasteiger partial charge in [0.15, 0.2) is 9.84 Å². The minimum absolute atomic E-state index is 0.360. The summed E-state index contributed by atoms with van der Waals surface area (Å²) < 4.78 is 25.4. The van der Waals surface area contributed by atoms with E-state index in [-0.39, 0.29) is 0 Å². The van der Waals surface area contributed by atoms with Crippen LogP contribution in [0.4, 0.5) is 0 Å². The first-order valence-electron chi connectivity index (χ1n) is 6.54. The Morgan fingerprint density at radius 1 is 0.950 bits per heavy atom. The largest absolute Gasteiger partial charge is 0.323 e. The lowest BCUT2D eigenvalue weighted by atomic mass is 10.1. The molecule has 0 bridgehead atoms. The fourth-order valence-electron chi connectivity index (χ4n) is 2.22. The van der Waals surface area contributed by atoms with Crippen LogP contribution in [0.5, 0.6) is 0 Å². The molecule has 0 saturated heterocycles. The molecule has 2 rings (SSSR count). The van der Waals surface area contributed by atoms with Gasteiger partial charge in [0.25, 0.3) is 0 Å². The molecule has 0 radical (unpaired) electrons. The van der Waals surface area contributed by atoms with Gasteiger partial charge >= 0.3 is 0 Å². The lowest BCUT2D eigenvalue weighted by Gasteiger charge is -2.21. The second-order valence-electron chi connectivity index (χ2n) is 4.95. The molecule has 106 valence electrons. The van der Waals surface area contributed by atoms with Gasteiger partial charge in [0.05, 0.1) is 10.1 Å². The third-order valence-electron chi connectivity index (χ3n) is 3.58. The van der Waals surface area contributed by atoms with E-state index in [1.807, 2.05) is 36.4 Å². The van der Waals surface area contributed by atoms with Gasteiger partial charge < -0.3 is 5.73 Å². The first-order valence-corrected chi connectivity index (χ1v) is 8.09. The molecule has 0 aliphatic rings. The van der Waals surface area contributed by atoms with Gasteiger partial charge in [-0.2, -0.15) is 0 Å². The predicted molar refractivity (Wildman–Crippen MR) is 81.2 cm³/mol. The Hall–Kier alpha value is -1.65. The van der Waals surface area contributed by atoms with Crippen molar-refractivity contribution in [2.75, 3.05) is 0 Å². The molecule has 3 nitrogen and oxygen atoms in total. The summed E-state index contributed by atoms with van der Waals surface area (Å²) in [6.45, 7) is 3.47. The van der Waals surface area contributed by atoms with Crippen LogP contribution in [0.3, 0.4) is 0 Å². The quantitative estimate of drug-likeness (QED) is 0.941. The molecule has 4 heteroatoms. The Kier molecular flexibility index (Phi) is 4.26. The molecule has 0 saturated carbocycles. The summed E-state index contributed by atoms with van der Waals surface area (Å²) >= 11 is 0.